The van der Waals surface area contributed by atoms with Gasteiger partial charge >= 0.3 is 5.69 Å². The third-order valence-electron chi connectivity index (χ3n) is 3.30. The van der Waals surface area contributed by atoms with Gasteiger partial charge in [0.25, 0.3) is 5.56 Å². The number of halogens is 1. The summed E-state index contributed by atoms with van der Waals surface area (Å²) in [5.74, 6) is -0.833. The molecule has 0 aliphatic heterocycles. The fraction of sp³-hybridized carbons (Fsp3) is 0.133. The van der Waals surface area contributed by atoms with Crippen LogP contribution in [0.4, 0.5) is 4.39 Å². The van der Waals surface area contributed by atoms with Crippen LogP contribution >= 0.6 is 11.3 Å². The maximum Gasteiger partial charge on any atom is 0.329 e. The molecule has 0 saturated heterocycles. The number of carbonyl (C=O) groups excluding carboxylic acids is 1. The van der Waals surface area contributed by atoms with E-state index < -0.39 is 17.2 Å². The third-order valence-corrected chi connectivity index (χ3v) is 4.20. The fourth-order valence-electron chi connectivity index (χ4n) is 2.12. The van der Waals surface area contributed by atoms with Gasteiger partial charge in [0.1, 0.15) is 17.1 Å². The second kappa shape index (κ2) is 6.17. The van der Waals surface area contributed by atoms with Crippen molar-refractivity contribution in [2.75, 3.05) is 0 Å². The molecule has 0 radical (unpaired) electrons. The van der Waals surface area contributed by atoms with Crippen molar-refractivity contribution in [3.05, 3.63) is 67.9 Å². The molecule has 0 spiro atoms. The lowest BCUT2D eigenvalue weighted by Crippen LogP contribution is -2.40. The Bertz CT molecular complexity index is 972. The summed E-state index contributed by atoms with van der Waals surface area (Å²) in [6, 6.07) is 7.32. The molecule has 0 aliphatic rings. The van der Waals surface area contributed by atoms with Gasteiger partial charge in [-0.15, -0.1) is 11.3 Å². The Morgan fingerprint density at radius 1 is 1.22 bits per heavy atom. The van der Waals surface area contributed by atoms with Gasteiger partial charge in [-0.3, -0.25) is 9.59 Å². The molecule has 2 heterocycles. The number of hydrogen-bond acceptors (Lipinski definition) is 4. The SMILES string of the molecule is O=C(Cn1c(=O)[nH]c2ccsc2c1=O)NCc1ccc(F)cc1. The van der Waals surface area contributed by atoms with Gasteiger partial charge in [0, 0.05) is 6.54 Å². The highest BCUT2D eigenvalue weighted by atomic mass is 32.1. The first kappa shape index (κ1) is 15.2. The Balaban J connectivity index is 1.74. The molecule has 1 amide bonds. The number of hydrogen-bond donors (Lipinski definition) is 2. The number of aromatic nitrogens is 2. The van der Waals surface area contributed by atoms with Crippen molar-refractivity contribution in [3.8, 4) is 0 Å². The van der Waals surface area contributed by atoms with Crippen molar-refractivity contribution in [1.29, 1.82) is 0 Å². The van der Waals surface area contributed by atoms with Crippen LogP contribution in [0.5, 0.6) is 0 Å². The summed E-state index contributed by atoms with van der Waals surface area (Å²) in [5.41, 5.74) is 0.0659. The van der Waals surface area contributed by atoms with Crippen molar-refractivity contribution >= 4 is 27.5 Å². The highest BCUT2D eigenvalue weighted by Crippen LogP contribution is 2.11. The number of fused-ring (bicyclic) bond motifs is 1. The highest BCUT2D eigenvalue weighted by molar-refractivity contribution is 7.17. The predicted molar refractivity (Wildman–Crippen MR) is 85.0 cm³/mol. The maximum atomic E-state index is 12.8. The maximum absolute atomic E-state index is 12.8. The minimum absolute atomic E-state index is 0.188. The second-order valence-electron chi connectivity index (χ2n) is 4.89. The Morgan fingerprint density at radius 2 is 1.96 bits per heavy atom. The molecule has 0 fully saturated rings. The number of amides is 1. The number of thiophene rings is 1. The van der Waals surface area contributed by atoms with Gasteiger partial charge in [-0.1, -0.05) is 12.1 Å². The van der Waals surface area contributed by atoms with E-state index in [9.17, 15) is 18.8 Å². The summed E-state index contributed by atoms with van der Waals surface area (Å²) >= 11 is 1.20. The molecule has 0 aliphatic carbocycles. The molecule has 2 N–H and O–H groups in total. The smallest absolute Gasteiger partial charge is 0.329 e. The topological polar surface area (TPSA) is 84.0 Å². The molecule has 6 nitrogen and oxygen atoms in total. The van der Waals surface area contributed by atoms with Crippen LogP contribution in [0.3, 0.4) is 0 Å². The van der Waals surface area contributed by atoms with Crippen molar-refractivity contribution in [3.63, 3.8) is 0 Å². The summed E-state index contributed by atoms with van der Waals surface area (Å²) < 4.78 is 14.1. The van der Waals surface area contributed by atoms with Crippen LogP contribution in [-0.4, -0.2) is 15.5 Å². The Kier molecular flexibility index (Phi) is 4.07. The molecule has 0 unspecified atom stereocenters. The summed E-state index contributed by atoms with van der Waals surface area (Å²) in [7, 11) is 0. The predicted octanol–water partition coefficient (Wildman–Crippen LogP) is 1.21. The monoisotopic (exact) mass is 333 g/mol. The molecule has 23 heavy (non-hydrogen) atoms. The van der Waals surface area contributed by atoms with Gasteiger partial charge in [-0.05, 0) is 29.1 Å². The van der Waals surface area contributed by atoms with E-state index in [1.54, 1.807) is 23.6 Å². The Hall–Kier alpha value is -2.74. The van der Waals surface area contributed by atoms with Gasteiger partial charge in [0.15, 0.2) is 0 Å². The molecule has 8 heteroatoms. The zero-order chi connectivity index (χ0) is 16.4. The zero-order valence-corrected chi connectivity index (χ0v) is 12.7. The summed E-state index contributed by atoms with van der Waals surface area (Å²) in [5, 5.41) is 4.29. The lowest BCUT2D eigenvalue weighted by Gasteiger charge is -2.07. The van der Waals surface area contributed by atoms with E-state index in [0.717, 1.165) is 10.1 Å². The molecular formula is C15H12FN3O3S. The van der Waals surface area contributed by atoms with Crippen LogP contribution in [0.15, 0.2) is 45.3 Å². The number of aromatic amines is 1. The summed E-state index contributed by atoms with van der Waals surface area (Å²) in [4.78, 5) is 38.6. The fourth-order valence-corrected chi connectivity index (χ4v) is 2.91. The van der Waals surface area contributed by atoms with E-state index in [0.29, 0.717) is 10.2 Å². The van der Waals surface area contributed by atoms with Crippen LogP contribution in [0.25, 0.3) is 10.2 Å². The quantitative estimate of drug-likeness (QED) is 0.753. The lowest BCUT2D eigenvalue weighted by atomic mass is 10.2. The molecule has 3 rings (SSSR count). The van der Waals surface area contributed by atoms with E-state index in [-0.39, 0.29) is 18.9 Å². The highest BCUT2D eigenvalue weighted by Gasteiger charge is 2.12. The average molecular weight is 333 g/mol. The molecule has 1 aromatic carbocycles. The van der Waals surface area contributed by atoms with E-state index in [2.05, 4.69) is 10.3 Å². The first-order chi connectivity index (χ1) is 11.0. The van der Waals surface area contributed by atoms with E-state index in [1.165, 1.54) is 23.5 Å². The second-order valence-corrected chi connectivity index (χ2v) is 5.80. The van der Waals surface area contributed by atoms with Crippen LogP contribution in [0, 0.1) is 5.82 Å². The normalized spacial score (nSPS) is 10.8. The van der Waals surface area contributed by atoms with Crippen LogP contribution in [-0.2, 0) is 17.9 Å². The van der Waals surface area contributed by atoms with Crippen molar-refractivity contribution in [2.45, 2.75) is 13.1 Å². The van der Waals surface area contributed by atoms with Gasteiger partial charge in [0.05, 0.1) is 5.52 Å². The Labute approximate surface area is 133 Å². The summed E-state index contributed by atoms with van der Waals surface area (Å²) in [6.45, 7) is -0.184. The average Bonchev–Trinajstić information content (AvgIpc) is 2.99. The zero-order valence-electron chi connectivity index (χ0n) is 11.8. The van der Waals surface area contributed by atoms with Gasteiger partial charge in [-0.25, -0.2) is 13.8 Å². The first-order valence-corrected chi connectivity index (χ1v) is 7.64. The molecule has 0 bridgehead atoms. The van der Waals surface area contributed by atoms with Crippen LogP contribution < -0.4 is 16.6 Å². The number of rotatable bonds is 4. The minimum atomic E-state index is -0.627. The van der Waals surface area contributed by atoms with Gasteiger partial charge in [0.2, 0.25) is 5.91 Å². The largest absolute Gasteiger partial charge is 0.350 e. The van der Waals surface area contributed by atoms with Gasteiger partial charge < -0.3 is 10.3 Å². The number of nitrogens with zero attached hydrogens (tertiary/aromatic N) is 1. The number of nitrogens with one attached hydrogen (secondary N) is 2. The molecule has 118 valence electrons. The van der Waals surface area contributed by atoms with Crippen molar-refractivity contribution < 1.29 is 9.18 Å². The molecule has 3 aromatic rings. The van der Waals surface area contributed by atoms with Crippen molar-refractivity contribution in [1.82, 2.24) is 14.9 Å². The van der Waals surface area contributed by atoms with Crippen molar-refractivity contribution in [2.24, 2.45) is 0 Å². The number of carbonyl (C=O) groups is 1. The van der Waals surface area contributed by atoms with E-state index >= 15 is 0 Å². The molecule has 0 atom stereocenters. The summed E-state index contributed by atoms with van der Waals surface area (Å²) in [6.07, 6.45) is 0. The molecular weight excluding hydrogens is 321 g/mol. The minimum Gasteiger partial charge on any atom is -0.350 e. The third kappa shape index (κ3) is 3.21. The lowest BCUT2D eigenvalue weighted by molar-refractivity contribution is -0.121. The van der Waals surface area contributed by atoms with E-state index in [1.807, 2.05) is 0 Å². The van der Waals surface area contributed by atoms with Crippen LogP contribution in [0.2, 0.25) is 0 Å². The van der Waals surface area contributed by atoms with Gasteiger partial charge in [-0.2, -0.15) is 0 Å². The standard InChI is InChI=1S/C15H12FN3O3S/c16-10-3-1-9(2-4-10)7-17-12(20)8-19-14(21)13-11(5-6-23-13)18-15(19)22/h1-6H,7-8H2,(H,17,20)(H,18,22). The number of H-pyrrole nitrogens is 1. The Morgan fingerprint density at radius 3 is 2.70 bits per heavy atom. The number of benzene rings is 1. The first-order valence-electron chi connectivity index (χ1n) is 6.76. The van der Waals surface area contributed by atoms with Crippen LogP contribution in [0.1, 0.15) is 5.56 Å². The molecule has 2 aromatic heterocycles. The van der Waals surface area contributed by atoms with E-state index in [4.69, 9.17) is 0 Å². The molecule has 0 saturated carbocycles.